The second kappa shape index (κ2) is 7.98. The lowest BCUT2D eigenvalue weighted by molar-refractivity contribution is 0.639. The van der Waals surface area contributed by atoms with E-state index in [1.807, 2.05) is 12.1 Å². The smallest absolute Gasteiger partial charge is 0.0992 e. The average molecular weight is 491 g/mol. The monoisotopic (exact) mass is 490 g/mol. The van der Waals surface area contributed by atoms with Gasteiger partial charge in [-0.15, -0.1) is 0 Å². The minimum Gasteiger partial charge on any atom is -0.364 e. The van der Waals surface area contributed by atoms with Gasteiger partial charge in [0, 0.05) is 30.2 Å². The van der Waals surface area contributed by atoms with E-state index in [4.69, 9.17) is 0 Å². The zero-order chi connectivity index (χ0) is 25.4. The van der Waals surface area contributed by atoms with E-state index in [0.29, 0.717) is 0 Å². The van der Waals surface area contributed by atoms with Gasteiger partial charge in [0.15, 0.2) is 0 Å². The second-order valence-corrected chi connectivity index (χ2v) is 10.9. The van der Waals surface area contributed by atoms with Crippen molar-refractivity contribution in [1.82, 2.24) is 0 Å². The quantitative estimate of drug-likeness (QED) is 0.300. The number of aryl methyl sites for hydroxylation is 1. The molecule has 2 aliphatic heterocycles. The van der Waals surface area contributed by atoms with Crippen molar-refractivity contribution in [2.45, 2.75) is 38.1 Å². The molecule has 2 aliphatic carbocycles. The molecule has 0 spiro atoms. The Hall–Kier alpha value is -4.54. The number of anilines is 3. The summed E-state index contributed by atoms with van der Waals surface area (Å²) in [5, 5.41) is 21.8. The molecule has 4 heteroatoms. The van der Waals surface area contributed by atoms with Crippen LogP contribution < -0.4 is 9.80 Å². The largest absolute Gasteiger partial charge is 0.364 e. The van der Waals surface area contributed by atoms with Crippen LogP contribution in [0.25, 0.3) is 16.3 Å². The van der Waals surface area contributed by atoms with Crippen LogP contribution in [-0.2, 0) is 19.3 Å². The highest BCUT2D eigenvalue weighted by molar-refractivity contribution is 6.03. The van der Waals surface area contributed by atoms with Crippen LogP contribution in [0, 0.1) is 22.7 Å². The molecule has 4 aromatic rings. The van der Waals surface area contributed by atoms with Gasteiger partial charge in [0.1, 0.15) is 0 Å². The third kappa shape index (κ3) is 2.95. The number of nitrogens with zero attached hydrogens (tertiary/aromatic N) is 4. The molecule has 0 N–H and O–H groups in total. The Morgan fingerprint density at radius 2 is 1.45 bits per heavy atom. The highest BCUT2D eigenvalue weighted by atomic mass is 15.2. The summed E-state index contributed by atoms with van der Waals surface area (Å²) in [4.78, 5) is 4.98. The van der Waals surface area contributed by atoms with Crippen LogP contribution in [-0.4, -0.2) is 13.1 Å². The molecular weight excluding hydrogens is 464 g/mol. The zero-order valence-corrected chi connectivity index (χ0v) is 21.2. The van der Waals surface area contributed by atoms with Gasteiger partial charge in [0.25, 0.3) is 0 Å². The Bertz CT molecular complexity index is 1800. The molecule has 0 radical (unpaired) electrons. The number of fused-ring (bicyclic) bond motifs is 2. The fourth-order valence-corrected chi connectivity index (χ4v) is 7.39. The lowest BCUT2D eigenvalue weighted by atomic mass is 9.76. The van der Waals surface area contributed by atoms with Crippen LogP contribution >= 0.6 is 0 Å². The van der Waals surface area contributed by atoms with Crippen LogP contribution in [0.3, 0.4) is 0 Å². The maximum Gasteiger partial charge on any atom is 0.0992 e. The first-order valence-electron chi connectivity index (χ1n) is 13.6. The molecule has 0 fully saturated rings. The van der Waals surface area contributed by atoms with Gasteiger partial charge in [-0.05, 0) is 107 Å². The normalized spacial score (nSPS) is 18.6. The van der Waals surface area contributed by atoms with E-state index < -0.39 is 0 Å². The fraction of sp³-hybridized carbons (Fsp3) is 0.235. The molecule has 1 unspecified atom stereocenters. The average Bonchev–Trinajstić information content (AvgIpc) is 3.59. The lowest BCUT2D eigenvalue weighted by Gasteiger charge is -2.38. The maximum atomic E-state index is 9.52. The summed E-state index contributed by atoms with van der Waals surface area (Å²) >= 11 is 0. The van der Waals surface area contributed by atoms with Crippen molar-refractivity contribution < 1.29 is 0 Å². The van der Waals surface area contributed by atoms with Gasteiger partial charge in [0.05, 0.1) is 29.3 Å². The molecule has 0 bridgehead atoms. The van der Waals surface area contributed by atoms with Crippen molar-refractivity contribution in [2.75, 3.05) is 22.9 Å². The molecule has 182 valence electrons. The second-order valence-electron chi connectivity index (χ2n) is 10.9. The third-order valence-corrected chi connectivity index (χ3v) is 9.14. The predicted molar refractivity (Wildman–Crippen MR) is 152 cm³/mol. The summed E-state index contributed by atoms with van der Waals surface area (Å²) in [5.74, 6) is 0. The highest BCUT2D eigenvalue weighted by Crippen LogP contribution is 2.50. The van der Waals surface area contributed by atoms with Crippen LogP contribution in [0.15, 0.2) is 66.7 Å². The summed E-state index contributed by atoms with van der Waals surface area (Å²) < 4.78 is 0. The molecule has 0 saturated heterocycles. The Balaban J connectivity index is 1.29. The number of hydrogen-bond acceptors (Lipinski definition) is 4. The first-order valence-corrected chi connectivity index (χ1v) is 13.6. The number of hydrogen-bond donors (Lipinski definition) is 0. The van der Waals surface area contributed by atoms with E-state index in [1.165, 1.54) is 61.2 Å². The molecule has 38 heavy (non-hydrogen) atoms. The molecule has 4 aromatic carbocycles. The Kier molecular flexibility index (Phi) is 4.52. The standard InChI is InChI=1S/C34H26N4/c35-19-21-1-3-23-13-15-37(31(23)17-21)29-11-7-25-6-10-28-30(12-8-26-5-9-27(29)33(25)34(26)28)38-16-14-24-4-2-22(20-36)18-32(24)38/h1-5,7-9,12,17-18,29H,6,10-11,13-16H2. The third-order valence-electron chi connectivity index (χ3n) is 9.14. The Labute approximate surface area is 222 Å². The van der Waals surface area contributed by atoms with Crippen molar-refractivity contribution in [1.29, 1.82) is 10.5 Å². The molecule has 8 rings (SSSR count). The molecule has 1 atom stereocenters. The summed E-state index contributed by atoms with van der Waals surface area (Å²) in [6.45, 7) is 1.95. The highest BCUT2D eigenvalue weighted by Gasteiger charge is 2.35. The van der Waals surface area contributed by atoms with Gasteiger partial charge in [-0.25, -0.2) is 0 Å². The minimum atomic E-state index is 0.286. The summed E-state index contributed by atoms with van der Waals surface area (Å²) in [5.41, 5.74) is 13.6. The van der Waals surface area contributed by atoms with Crippen LogP contribution in [0.2, 0.25) is 0 Å². The lowest BCUT2D eigenvalue weighted by Crippen LogP contribution is -2.29. The maximum absolute atomic E-state index is 9.52. The molecule has 0 aromatic heterocycles. The van der Waals surface area contributed by atoms with Gasteiger partial charge in [-0.2, -0.15) is 10.5 Å². The van der Waals surface area contributed by atoms with Gasteiger partial charge in [0.2, 0.25) is 0 Å². The first kappa shape index (κ1) is 21.5. The fourth-order valence-electron chi connectivity index (χ4n) is 7.39. The number of rotatable bonds is 2. The van der Waals surface area contributed by atoms with E-state index in [2.05, 4.69) is 76.5 Å². The molecule has 2 heterocycles. The molecule has 0 saturated carbocycles. The van der Waals surface area contributed by atoms with E-state index in [0.717, 1.165) is 56.3 Å². The Morgan fingerprint density at radius 1 is 0.711 bits per heavy atom. The zero-order valence-electron chi connectivity index (χ0n) is 21.2. The van der Waals surface area contributed by atoms with Crippen LogP contribution in [0.5, 0.6) is 0 Å². The van der Waals surface area contributed by atoms with Gasteiger partial charge in [-0.1, -0.05) is 36.4 Å². The van der Waals surface area contributed by atoms with E-state index in [9.17, 15) is 10.5 Å². The van der Waals surface area contributed by atoms with E-state index in [1.54, 1.807) is 0 Å². The van der Waals surface area contributed by atoms with Crippen molar-refractivity contribution in [3.05, 3.63) is 106 Å². The topological polar surface area (TPSA) is 54.1 Å². The number of benzene rings is 4. The predicted octanol–water partition coefficient (Wildman–Crippen LogP) is 7.11. The SMILES string of the molecule is N#Cc1ccc2c(c1)N(c1ccc3ccc4c5c3c1CCC5=CCC4N1CCc3ccc(C#N)cc31)CC2. The van der Waals surface area contributed by atoms with Gasteiger partial charge in [-0.3, -0.25) is 0 Å². The van der Waals surface area contributed by atoms with E-state index in [-0.39, 0.29) is 6.04 Å². The van der Waals surface area contributed by atoms with Crippen molar-refractivity contribution in [2.24, 2.45) is 0 Å². The van der Waals surface area contributed by atoms with Crippen molar-refractivity contribution in [3.63, 3.8) is 0 Å². The molecule has 4 nitrogen and oxygen atoms in total. The molecule has 4 aliphatic rings. The van der Waals surface area contributed by atoms with Crippen LogP contribution in [0.1, 0.15) is 57.8 Å². The minimum absolute atomic E-state index is 0.286. The van der Waals surface area contributed by atoms with E-state index >= 15 is 0 Å². The number of allylic oxidation sites excluding steroid dienone is 1. The summed E-state index contributed by atoms with van der Waals surface area (Å²) in [6, 6.07) is 26.5. The number of nitriles is 2. The summed E-state index contributed by atoms with van der Waals surface area (Å²) in [7, 11) is 0. The summed E-state index contributed by atoms with van der Waals surface area (Å²) in [6.07, 6.45) is 7.65. The molecule has 0 amide bonds. The van der Waals surface area contributed by atoms with Crippen LogP contribution in [0.4, 0.5) is 17.1 Å². The van der Waals surface area contributed by atoms with Gasteiger partial charge < -0.3 is 9.80 Å². The molecular formula is C34H26N4. The first-order chi connectivity index (χ1) is 18.7. The van der Waals surface area contributed by atoms with Crippen molar-refractivity contribution in [3.8, 4) is 12.1 Å². The Morgan fingerprint density at radius 3 is 2.26 bits per heavy atom. The van der Waals surface area contributed by atoms with Gasteiger partial charge >= 0.3 is 0 Å². The van der Waals surface area contributed by atoms with Crippen molar-refractivity contribution >= 4 is 33.4 Å².